The normalized spacial score (nSPS) is 10.3. The van der Waals surface area contributed by atoms with Crippen LogP contribution in [-0.4, -0.2) is 10.9 Å². The number of carbonyl (C=O) groups is 1. The Labute approximate surface area is 155 Å². The van der Waals surface area contributed by atoms with Crippen LogP contribution in [0.25, 0.3) is 0 Å². The Balaban J connectivity index is 1.58. The van der Waals surface area contributed by atoms with Crippen molar-refractivity contribution in [1.82, 2.24) is 4.98 Å². The average molecular weight is 372 g/mol. The zero-order valence-corrected chi connectivity index (χ0v) is 14.7. The summed E-state index contributed by atoms with van der Waals surface area (Å²) < 4.78 is 0. The van der Waals surface area contributed by atoms with Gasteiger partial charge in [0.2, 0.25) is 5.91 Å². The Kier molecular flexibility index (Phi) is 5.53. The van der Waals surface area contributed by atoms with E-state index in [-0.39, 0.29) is 12.3 Å². The van der Waals surface area contributed by atoms with Crippen LogP contribution in [0.5, 0.6) is 0 Å². The molecule has 0 spiro atoms. The molecule has 0 unspecified atom stereocenters. The van der Waals surface area contributed by atoms with E-state index >= 15 is 0 Å². The second-order valence-corrected chi connectivity index (χ2v) is 6.29. The number of amides is 1. The fraction of sp³-hybridized carbons (Fsp3) is 0.0526. The van der Waals surface area contributed by atoms with Crippen LogP contribution in [0.15, 0.2) is 66.9 Å². The number of nitrogens with zero attached hydrogens (tertiary/aromatic N) is 1. The Morgan fingerprint density at radius 2 is 1.72 bits per heavy atom. The van der Waals surface area contributed by atoms with Gasteiger partial charge in [-0.25, -0.2) is 4.98 Å². The van der Waals surface area contributed by atoms with Crippen LogP contribution in [0.1, 0.15) is 5.56 Å². The van der Waals surface area contributed by atoms with Gasteiger partial charge in [0.25, 0.3) is 0 Å². The van der Waals surface area contributed by atoms with Crippen molar-refractivity contribution in [3.8, 4) is 0 Å². The molecule has 0 saturated carbocycles. The van der Waals surface area contributed by atoms with Crippen LogP contribution in [0.2, 0.25) is 10.0 Å². The van der Waals surface area contributed by atoms with Crippen molar-refractivity contribution >= 4 is 46.3 Å². The molecule has 4 nitrogen and oxygen atoms in total. The van der Waals surface area contributed by atoms with Crippen LogP contribution < -0.4 is 10.6 Å². The zero-order valence-electron chi connectivity index (χ0n) is 13.2. The molecule has 0 fully saturated rings. The van der Waals surface area contributed by atoms with Gasteiger partial charge in [-0.3, -0.25) is 4.79 Å². The summed E-state index contributed by atoms with van der Waals surface area (Å²) in [4.78, 5) is 16.4. The molecule has 0 aliphatic carbocycles. The summed E-state index contributed by atoms with van der Waals surface area (Å²) >= 11 is 11.8. The Morgan fingerprint density at radius 3 is 2.40 bits per heavy atom. The molecule has 126 valence electrons. The van der Waals surface area contributed by atoms with E-state index in [9.17, 15) is 4.79 Å². The molecule has 3 aromatic rings. The molecule has 1 heterocycles. The lowest BCUT2D eigenvalue weighted by molar-refractivity contribution is -0.115. The van der Waals surface area contributed by atoms with E-state index in [0.717, 1.165) is 11.3 Å². The summed E-state index contributed by atoms with van der Waals surface area (Å²) in [6, 6.07) is 18.1. The quantitative estimate of drug-likeness (QED) is 0.638. The lowest BCUT2D eigenvalue weighted by Crippen LogP contribution is -2.14. The molecule has 2 N–H and O–H groups in total. The SMILES string of the molecule is O=C(Cc1ccc(Cl)cc1)Nc1ccc(Nc2cccc(Cl)c2)nc1. The molecule has 0 atom stereocenters. The first-order chi connectivity index (χ1) is 12.1. The van der Waals surface area contributed by atoms with Crippen LogP contribution in [0, 0.1) is 0 Å². The first-order valence-corrected chi connectivity index (χ1v) is 8.37. The second-order valence-electron chi connectivity index (χ2n) is 5.42. The maximum atomic E-state index is 12.1. The lowest BCUT2D eigenvalue weighted by Gasteiger charge is -2.08. The molecule has 6 heteroatoms. The van der Waals surface area contributed by atoms with Crippen LogP contribution in [0.3, 0.4) is 0 Å². The molecule has 0 radical (unpaired) electrons. The van der Waals surface area contributed by atoms with Crippen molar-refractivity contribution < 1.29 is 4.79 Å². The molecule has 1 aromatic heterocycles. The molecule has 0 aliphatic rings. The largest absolute Gasteiger partial charge is 0.340 e. The standard InChI is InChI=1S/C19H15Cl2N3O/c20-14-6-4-13(5-7-14)10-19(25)24-17-8-9-18(22-12-17)23-16-3-1-2-15(21)11-16/h1-9,11-12H,10H2,(H,22,23)(H,24,25). The van der Waals surface area contributed by atoms with E-state index < -0.39 is 0 Å². The Hall–Kier alpha value is -2.56. The highest BCUT2D eigenvalue weighted by Gasteiger charge is 2.05. The third kappa shape index (κ3) is 5.21. The minimum absolute atomic E-state index is 0.111. The number of carbonyl (C=O) groups excluding carboxylic acids is 1. The third-order valence-electron chi connectivity index (χ3n) is 3.42. The first kappa shape index (κ1) is 17.3. The van der Waals surface area contributed by atoms with Crippen molar-refractivity contribution in [2.45, 2.75) is 6.42 Å². The van der Waals surface area contributed by atoms with Crippen molar-refractivity contribution in [2.24, 2.45) is 0 Å². The fourth-order valence-electron chi connectivity index (χ4n) is 2.25. The van der Waals surface area contributed by atoms with E-state index in [2.05, 4.69) is 15.6 Å². The van der Waals surface area contributed by atoms with Crippen molar-refractivity contribution in [1.29, 1.82) is 0 Å². The predicted octanol–water partition coefficient (Wildman–Crippen LogP) is 5.31. The summed E-state index contributed by atoms with van der Waals surface area (Å²) in [5.41, 5.74) is 2.38. The molecule has 0 aliphatic heterocycles. The lowest BCUT2D eigenvalue weighted by atomic mass is 10.1. The van der Waals surface area contributed by atoms with Gasteiger partial charge in [-0.05, 0) is 48.0 Å². The van der Waals surface area contributed by atoms with E-state index in [1.807, 2.05) is 30.3 Å². The van der Waals surface area contributed by atoms with Gasteiger partial charge in [0.1, 0.15) is 5.82 Å². The highest BCUT2D eigenvalue weighted by molar-refractivity contribution is 6.31. The van der Waals surface area contributed by atoms with E-state index in [1.54, 1.807) is 36.5 Å². The summed E-state index contributed by atoms with van der Waals surface area (Å²) in [5.74, 6) is 0.553. The molecular formula is C19H15Cl2N3O. The summed E-state index contributed by atoms with van der Waals surface area (Å²) in [7, 11) is 0. The van der Waals surface area contributed by atoms with Crippen LogP contribution in [-0.2, 0) is 11.2 Å². The van der Waals surface area contributed by atoms with Crippen molar-refractivity contribution in [3.05, 3.63) is 82.5 Å². The van der Waals surface area contributed by atoms with Gasteiger partial charge in [0.05, 0.1) is 18.3 Å². The number of nitrogens with one attached hydrogen (secondary N) is 2. The van der Waals surface area contributed by atoms with Gasteiger partial charge >= 0.3 is 0 Å². The first-order valence-electron chi connectivity index (χ1n) is 7.61. The second kappa shape index (κ2) is 8.01. The maximum Gasteiger partial charge on any atom is 0.228 e. The molecule has 0 saturated heterocycles. The number of rotatable bonds is 5. The highest BCUT2D eigenvalue weighted by atomic mass is 35.5. The van der Waals surface area contributed by atoms with Gasteiger partial charge in [-0.2, -0.15) is 0 Å². The van der Waals surface area contributed by atoms with Gasteiger partial charge < -0.3 is 10.6 Å². The number of halogens is 2. The smallest absolute Gasteiger partial charge is 0.228 e. The van der Waals surface area contributed by atoms with Gasteiger partial charge in [0.15, 0.2) is 0 Å². The number of pyridine rings is 1. The monoisotopic (exact) mass is 371 g/mol. The number of benzene rings is 2. The number of hydrogen-bond donors (Lipinski definition) is 2. The fourth-order valence-corrected chi connectivity index (χ4v) is 2.56. The van der Waals surface area contributed by atoms with Crippen LogP contribution >= 0.6 is 23.2 Å². The highest BCUT2D eigenvalue weighted by Crippen LogP contribution is 2.19. The molecular weight excluding hydrogens is 357 g/mol. The van der Waals surface area contributed by atoms with E-state index in [0.29, 0.717) is 21.6 Å². The molecule has 1 amide bonds. The summed E-state index contributed by atoms with van der Waals surface area (Å²) in [6.45, 7) is 0. The molecule has 3 rings (SSSR count). The Bertz CT molecular complexity index is 865. The summed E-state index contributed by atoms with van der Waals surface area (Å²) in [5, 5.41) is 7.27. The summed E-state index contributed by atoms with van der Waals surface area (Å²) in [6.07, 6.45) is 1.88. The molecule has 2 aromatic carbocycles. The van der Waals surface area contributed by atoms with Crippen LogP contribution in [0.4, 0.5) is 17.2 Å². The third-order valence-corrected chi connectivity index (χ3v) is 3.91. The minimum atomic E-state index is -0.111. The predicted molar refractivity (Wildman–Crippen MR) is 103 cm³/mol. The van der Waals surface area contributed by atoms with E-state index in [1.165, 1.54) is 0 Å². The number of aromatic nitrogens is 1. The number of hydrogen-bond acceptors (Lipinski definition) is 3. The zero-order chi connectivity index (χ0) is 17.6. The van der Waals surface area contributed by atoms with Crippen molar-refractivity contribution in [2.75, 3.05) is 10.6 Å². The van der Waals surface area contributed by atoms with Gasteiger partial charge in [-0.15, -0.1) is 0 Å². The topological polar surface area (TPSA) is 54.0 Å². The molecule has 25 heavy (non-hydrogen) atoms. The van der Waals surface area contributed by atoms with Gasteiger partial charge in [0, 0.05) is 15.7 Å². The Morgan fingerprint density at radius 1 is 0.920 bits per heavy atom. The molecule has 0 bridgehead atoms. The maximum absolute atomic E-state index is 12.1. The average Bonchev–Trinajstić information content (AvgIpc) is 2.59. The van der Waals surface area contributed by atoms with Crippen molar-refractivity contribution in [3.63, 3.8) is 0 Å². The van der Waals surface area contributed by atoms with E-state index in [4.69, 9.17) is 23.2 Å². The van der Waals surface area contributed by atoms with Gasteiger partial charge in [-0.1, -0.05) is 41.4 Å². The number of anilines is 3. The minimum Gasteiger partial charge on any atom is -0.340 e.